The van der Waals surface area contributed by atoms with Crippen LogP contribution in [0.5, 0.6) is 0 Å². The second kappa shape index (κ2) is 5.73. The van der Waals surface area contributed by atoms with Gasteiger partial charge in [-0.1, -0.05) is 0 Å². The van der Waals surface area contributed by atoms with Crippen molar-refractivity contribution in [2.75, 3.05) is 13.1 Å². The summed E-state index contributed by atoms with van der Waals surface area (Å²) in [5.74, 6) is 0.123. The minimum Gasteiger partial charge on any atom is -0.403 e. The van der Waals surface area contributed by atoms with E-state index in [2.05, 4.69) is 37.8 Å². The van der Waals surface area contributed by atoms with Crippen LogP contribution in [-0.2, 0) is 16.4 Å². The summed E-state index contributed by atoms with van der Waals surface area (Å²) in [5, 5.41) is 4.13. The minimum atomic E-state index is -0.367. The van der Waals surface area contributed by atoms with Gasteiger partial charge in [0, 0.05) is 25.5 Å². The molecular formula is C20H27BN4O4. The van der Waals surface area contributed by atoms with E-state index < -0.39 is 0 Å². The number of likely N-dealkylation sites (tertiary alicyclic amines) is 1. The molecule has 2 aliphatic heterocycles. The van der Waals surface area contributed by atoms with Gasteiger partial charge >= 0.3 is 7.12 Å². The van der Waals surface area contributed by atoms with Gasteiger partial charge in [-0.15, -0.1) is 0 Å². The van der Waals surface area contributed by atoms with Gasteiger partial charge in [0.15, 0.2) is 0 Å². The first-order chi connectivity index (χ1) is 13.5. The molecule has 1 amide bonds. The summed E-state index contributed by atoms with van der Waals surface area (Å²) in [6.07, 6.45) is 3.41. The maximum Gasteiger partial charge on any atom is 0.464 e. The predicted octanol–water partition coefficient (Wildman–Crippen LogP) is 1.96. The van der Waals surface area contributed by atoms with Crippen LogP contribution in [-0.4, -0.2) is 57.0 Å². The van der Waals surface area contributed by atoms with Crippen LogP contribution in [0.2, 0.25) is 5.31 Å². The maximum atomic E-state index is 13.1. The SMILES string of the molecule is Cn1ncc2[nH]c(=O)c(C(=O)N3CCC4(B5OC(C)(C)C(C)(C)O5)CC4C3)cc21. The molecule has 3 fully saturated rings. The van der Waals surface area contributed by atoms with Gasteiger partial charge < -0.3 is 19.2 Å². The smallest absolute Gasteiger partial charge is 0.403 e. The Morgan fingerprint density at radius 1 is 1.28 bits per heavy atom. The lowest BCUT2D eigenvalue weighted by Crippen LogP contribution is -2.43. The van der Waals surface area contributed by atoms with Gasteiger partial charge in [0.2, 0.25) is 0 Å². The molecule has 0 aromatic carbocycles. The summed E-state index contributed by atoms with van der Waals surface area (Å²) in [7, 11) is 1.56. The number of nitrogens with one attached hydrogen (secondary N) is 1. The highest BCUT2D eigenvalue weighted by Gasteiger charge is 2.70. The van der Waals surface area contributed by atoms with Crippen LogP contribution >= 0.6 is 0 Å². The van der Waals surface area contributed by atoms with Crippen molar-refractivity contribution in [2.45, 2.75) is 57.1 Å². The zero-order valence-electron chi connectivity index (χ0n) is 17.6. The number of amides is 1. The summed E-state index contributed by atoms with van der Waals surface area (Å²) in [5.41, 5.74) is 0.480. The molecule has 1 N–H and O–H groups in total. The van der Waals surface area contributed by atoms with E-state index in [1.165, 1.54) is 0 Å². The number of rotatable bonds is 2. The molecule has 2 aromatic rings. The van der Waals surface area contributed by atoms with E-state index in [1.807, 2.05) is 0 Å². The van der Waals surface area contributed by atoms with Gasteiger partial charge in [0.05, 0.1) is 28.4 Å². The summed E-state index contributed by atoms with van der Waals surface area (Å²) in [6.45, 7) is 9.51. The summed E-state index contributed by atoms with van der Waals surface area (Å²) in [4.78, 5) is 30.1. The second-order valence-electron chi connectivity index (χ2n) is 9.80. The third-order valence-corrected chi connectivity index (χ3v) is 7.57. The lowest BCUT2D eigenvalue weighted by molar-refractivity contribution is 0.00578. The topological polar surface area (TPSA) is 89.5 Å². The third kappa shape index (κ3) is 2.63. The van der Waals surface area contributed by atoms with Crippen molar-refractivity contribution in [3.8, 4) is 0 Å². The van der Waals surface area contributed by atoms with E-state index in [-0.39, 0.29) is 40.7 Å². The Morgan fingerprint density at radius 3 is 2.62 bits per heavy atom. The molecule has 9 heteroatoms. The Bertz CT molecular complexity index is 1060. The van der Waals surface area contributed by atoms with Crippen LogP contribution in [0.1, 0.15) is 50.9 Å². The molecule has 0 bridgehead atoms. The molecule has 0 spiro atoms. The van der Waals surface area contributed by atoms with Crippen LogP contribution in [0.15, 0.2) is 17.1 Å². The summed E-state index contributed by atoms with van der Waals surface area (Å²) < 4.78 is 14.3. The Morgan fingerprint density at radius 2 is 1.97 bits per heavy atom. The third-order valence-electron chi connectivity index (χ3n) is 7.57. The highest BCUT2D eigenvalue weighted by atomic mass is 16.7. The molecule has 5 rings (SSSR count). The van der Waals surface area contributed by atoms with Gasteiger partial charge in [0.25, 0.3) is 11.5 Å². The molecule has 4 heterocycles. The summed E-state index contributed by atoms with van der Waals surface area (Å²) >= 11 is 0. The quantitative estimate of drug-likeness (QED) is 0.782. The van der Waals surface area contributed by atoms with Gasteiger partial charge in [0.1, 0.15) is 5.56 Å². The second-order valence-corrected chi connectivity index (χ2v) is 9.80. The molecule has 8 nitrogen and oxygen atoms in total. The molecule has 1 saturated carbocycles. The van der Waals surface area contributed by atoms with Crippen molar-refractivity contribution in [3.05, 3.63) is 28.2 Å². The number of H-pyrrole nitrogens is 1. The fraction of sp³-hybridized carbons (Fsp3) is 0.650. The number of hydrogen-bond acceptors (Lipinski definition) is 5. The zero-order valence-corrected chi connectivity index (χ0v) is 17.6. The van der Waals surface area contributed by atoms with E-state index in [4.69, 9.17) is 9.31 Å². The number of pyridine rings is 1. The van der Waals surface area contributed by atoms with Crippen LogP contribution in [0.4, 0.5) is 0 Å². The number of aromatic amines is 1. The highest BCUT2D eigenvalue weighted by Crippen LogP contribution is 2.69. The number of hydrogen-bond donors (Lipinski definition) is 1. The van der Waals surface area contributed by atoms with Crippen LogP contribution in [0.25, 0.3) is 11.0 Å². The number of carbonyl (C=O) groups is 1. The average molecular weight is 398 g/mol. The monoisotopic (exact) mass is 398 g/mol. The first-order valence-corrected chi connectivity index (χ1v) is 10.2. The zero-order chi connectivity index (χ0) is 20.8. The molecule has 0 radical (unpaired) electrons. The van der Waals surface area contributed by atoms with Gasteiger partial charge in [-0.3, -0.25) is 14.3 Å². The number of fused-ring (bicyclic) bond motifs is 2. The van der Waals surface area contributed by atoms with Crippen LogP contribution in [0.3, 0.4) is 0 Å². The number of aromatic nitrogens is 3. The number of piperidine rings is 1. The fourth-order valence-corrected chi connectivity index (χ4v) is 4.76. The Kier molecular flexibility index (Phi) is 3.73. The van der Waals surface area contributed by atoms with E-state index >= 15 is 0 Å². The van der Waals surface area contributed by atoms with Gasteiger partial charge in [-0.2, -0.15) is 5.10 Å². The van der Waals surface area contributed by atoms with E-state index in [0.29, 0.717) is 24.5 Å². The van der Waals surface area contributed by atoms with Crippen LogP contribution in [0, 0.1) is 5.92 Å². The Balaban J connectivity index is 1.34. The number of aryl methyl sites for hydroxylation is 1. The lowest BCUT2D eigenvalue weighted by atomic mass is 9.63. The van der Waals surface area contributed by atoms with Gasteiger partial charge in [-0.25, -0.2) is 0 Å². The Hall–Kier alpha value is -2.13. The average Bonchev–Trinajstić information content (AvgIpc) is 3.22. The van der Waals surface area contributed by atoms with Crippen molar-refractivity contribution >= 4 is 24.1 Å². The fourth-order valence-electron chi connectivity index (χ4n) is 4.76. The molecule has 2 atom stereocenters. The number of nitrogens with zero attached hydrogens (tertiary/aromatic N) is 3. The molecule has 2 aromatic heterocycles. The van der Waals surface area contributed by atoms with E-state index in [1.54, 1.807) is 28.9 Å². The van der Waals surface area contributed by atoms with E-state index in [9.17, 15) is 9.59 Å². The molecule has 29 heavy (non-hydrogen) atoms. The highest BCUT2D eigenvalue weighted by molar-refractivity contribution is 6.51. The molecule has 2 unspecified atom stereocenters. The minimum absolute atomic E-state index is 0.0137. The number of carbonyl (C=O) groups excluding carboxylic acids is 1. The molecule has 1 aliphatic carbocycles. The lowest BCUT2D eigenvalue weighted by Gasteiger charge is -2.32. The first-order valence-electron chi connectivity index (χ1n) is 10.2. The van der Waals surface area contributed by atoms with Crippen molar-refractivity contribution in [3.63, 3.8) is 0 Å². The van der Waals surface area contributed by atoms with Gasteiger partial charge in [-0.05, 0) is 52.5 Å². The molecule has 154 valence electrons. The molecular weight excluding hydrogens is 371 g/mol. The summed E-state index contributed by atoms with van der Waals surface area (Å²) in [6, 6.07) is 1.65. The molecule has 2 saturated heterocycles. The largest absolute Gasteiger partial charge is 0.464 e. The van der Waals surface area contributed by atoms with Crippen molar-refractivity contribution in [1.82, 2.24) is 19.7 Å². The standard InChI is InChI=1S/C20H27BN4O4/c1-18(2)19(3,4)29-21(28-18)20-6-7-25(11-12(20)9-20)17(27)13-8-15-14(23-16(13)26)10-22-24(15)5/h8,10,12H,6-7,9,11H2,1-5H3,(H,23,26). The van der Waals surface area contributed by atoms with Crippen molar-refractivity contribution < 1.29 is 14.1 Å². The Labute approximate surface area is 169 Å². The van der Waals surface area contributed by atoms with Crippen LogP contribution < -0.4 is 5.56 Å². The van der Waals surface area contributed by atoms with Crippen molar-refractivity contribution in [2.24, 2.45) is 13.0 Å². The first kappa shape index (κ1) is 18.9. The maximum absolute atomic E-state index is 13.1. The van der Waals surface area contributed by atoms with E-state index in [0.717, 1.165) is 18.4 Å². The molecule has 3 aliphatic rings. The predicted molar refractivity (Wildman–Crippen MR) is 109 cm³/mol. The normalized spacial score (nSPS) is 29.9. The van der Waals surface area contributed by atoms with Crippen molar-refractivity contribution in [1.29, 1.82) is 0 Å².